The maximum Gasteiger partial charge on any atom is 0.225 e. The molecule has 1 N–H and O–H groups in total. The van der Waals surface area contributed by atoms with Crippen molar-refractivity contribution in [1.82, 2.24) is 5.32 Å². The molecule has 0 unspecified atom stereocenters. The number of carbonyl (C=O) groups excluding carboxylic acids is 1. The fourth-order valence-corrected chi connectivity index (χ4v) is 3.52. The molecule has 0 aliphatic rings. The van der Waals surface area contributed by atoms with Gasteiger partial charge in [-0.25, -0.2) is 8.42 Å². The second kappa shape index (κ2) is 7.07. The first-order chi connectivity index (χ1) is 10.4. The molecule has 22 heavy (non-hydrogen) atoms. The second-order valence-corrected chi connectivity index (χ2v) is 8.17. The predicted molar refractivity (Wildman–Crippen MR) is 88.7 cm³/mol. The van der Waals surface area contributed by atoms with Crippen LogP contribution in [0.5, 0.6) is 0 Å². The number of benzene rings is 1. The maximum absolute atomic E-state index is 12.1. The van der Waals surface area contributed by atoms with Crippen molar-refractivity contribution < 1.29 is 13.2 Å². The van der Waals surface area contributed by atoms with E-state index in [1.807, 2.05) is 24.4 Å². The molecule has 0 radical (unpaired) electrons. The van der Waals surface area contributed by atoms with Gasteiger partial charge in [-0.3, -0.25) is 4.79 Å². The van der Waals surface area contributed by atoms with Crippen LogP contribution in [-0.2, 0) is 21.1 Å². The number of carbonyl (C=O) groups is 1. The van der Waals surface area contributed by atoms with Crippen molar-refractivity contribution in [2.75, 3.05) is 6.26 Å². The Labute approximate surface area is 135 Å². The standard InChI is InChI=1S/C16H19NO3S2/c1-3-15(17-16(18)11-13-5-4-10-21-13)12-6-8-14(9-7-12)22(2,19)20/h4-10,15H,3,11H2,1-2H3,(H,17,18)/t15-/m1/s1. The van der Waals surface area contributed by atoms with E-state index in [4.69, 9.17) is 0 Å². The van der Waals surface area contributed by atoms with E-state index in [1.165, 1.54) is 6.26 Å². The first-order valence-electron chi connectivity index (χ1n) is 7.02. The maximum atomic E-state index is 12.1. The summed E-state index contributed by atoms with van der Waals surface area (Å²) in [6.07, 6.45) is 2.30. The molecule has 2 rings (SSSR count). The van der Waals surface area contributed by atoms with Gasteiger partial charge in [-0.2, -0.15) is 0 Å². The third-order valence-corrected chi connectivity index (χ3v) is 5.37. The summed E-state index contributed by atoms with van der Waals surface area (Å²) >= 11 is 1.56. The van der Waals surface area contributed by atoms with Crippen LogP contribution in [-0.4, -0.2) is 20.6 Å². The average molecular weight is 337 g/mol. The van der Waals surface area contributed by atoms with Gasteiger partial charge in [-0.05, 0) is 35.6 Å². The molecule has 0 fully saturated rings. The zero-order chi connectivity index (χ0) is 16.2. The number of hydrogen-bond acceptors (Lipinski definition) is 4. The summed E-state index contributed by atoms with van der Waals surface area (Å²) < 4.78 is 22.9. The SMILES string of the molecule is CC[C@@H](NC(=O)Cc1cccs1)c1ccc(S(C)(=O)=O)cc1. The molecule has 0 aliphatic carbocycles. The van der Waals surface area contributed by atoms with E-state index in [1.54, 1.807) is 35.6 Å². The Bertz CT molecular complexity index is 719. The van der Waals surface area contributed by atoms with Gasteiger partial charge >= 0.3 is 0 Å². The highest BCUT2D eigenvalue weighted by Gasteiger charge is 2.14. The molecule has 0 aliphatic heterocycles. The number of rotatable bonds is 6. The smallest absolute Gasteiger partial charge is 0.225 e. The Hall–Kier alpha value is -1.66. The molecule has 4 nitrogen and oxygen atoms in total. The Morgan fingerprint density at radius 2 is 1.91 bits per heavy atom. The van der Waals surface area contributed by atoms with Crippen molar-refractivity contribution in [3.63, 3.8) is 0 Å². The van der Waals surface area contributed by atoms with E-state index in [0.29, 0.717) is 6.42 Å². The molecule has 0 bridgehead atoms. The van der Waals surface area contributed by atoms with E-state index in [0.717, 1.165) is 16.9 Å². The summed E-state index contributed by atoms with van der Waals surface area (Å²) in [6, 6.07) is 10.4. The molecule has 118 valence electrons. The molecule has 1 amide bonds. The van der Waals surface area contributed by atoms with E-state index in [2.05, 4.69) is 5.32 Å². The van der Waals surface area contributed by atoms with Crippen molar-refractivity contribution in [3.05, 3.63) is 52.2 Å². The van der Waals surface area contributed by atoms with Gasteiger partial charge in [0.15, 0.2) is 9.84 Å². The van der Waals surface area contributed by atoms with Gasteiger partial charge in [0.25, 0.3) is 0 Å². The third kappa shape index (κ3) is 4.42. The summed E-state index contributed by atoms with van der Waals surface area (Å²) in [5, 5.41) is 4.95. The van der Waals surface area contributed by atoms with Gasteiger partial charge in [0.1, 0.15) is 0 Å². The number of amides is 1. The lowest BCUT2D eigenvalue weighted by Gasteiger charge is -2.17. The van der Waals surface area contributed by atoms with Gasteiger partial charge in [0, 0.05) is 11.1 Å². The number of thiophene rings is 1. The summed E-state index contributed by atoms with van der Waals surface area (Å²) in [5.41, 5.74) is 0.912. The van der Waals surface area contributed by atoms with Crippen molar-refractivity contribution >= 4 is 27.1 Å². The zero-order valence-corrected chi connectivity index (χ0v) is 14.2. The van der Waals surface area contributed by atoms with Gasteiger partial charge in [-0.1, -0.05) is 25.1 Å². The summed E-state index contributed by atoms with van der Waals surface area (Å²) in [6.45, 7) is 1.99. The molecule has 1 aromatic carbocycles. The van der Waals surface area contributed by atoms with E-state index < -0.39 is 9.84 Å². The van der Waals surface area contributed by atoms with Crippen molar-refractivity contribution in [2.45, 2.75) is 30.7 Å². The highest BCUT2D eigenvalue weighted by atomic mass is 32.2. The molecule has 1 atom stereocenters. The molecule has 6 heteroatoms. The molecule has 1 heterocycles. The lowest BCUT2D eigenvalue weighted by molar-refractivity contribution is -0.121. The lowest BCUT2D eigenvalue weighted by Crippen LogP contribution is -2.29. The Morgan fingerprint density at radius 1 is 1.23 bits per heavy atom. The predicted octanol–water partition coefficient (Wildman–Crippen LogP) is 2.96. The fourth-order valence-electron chi connectivity index (χ4n) is 2.19. The molecular formula is C16H19NO3S2. The monoisotopic (exact) mass is 337 g/mol. The van der Waals surface area contributed by atoms with Gasteiger partial charge in [-0.15, -0.1) is 11.3 Å². The second-order valence-electron chi connectivity index (χ2n) is 5.13. The molecule has 0 saturated carbocycles. The number of sulfone groups is 1. The summed E-state index contributed by atoms with van der Waals surface area (Å²) in [4.78, 5) is 13.4. The van der Waals surface area contributed by atoms with Crippen LogP contribution in [0.3, 0.4) is 0 Å². The molecule has 1 aromatic heterocycles. The summed E-state index contributed by atoms with van der Waals surface area (Å²) in [7, 11) is -3.20. The summed E-state index contributed by atoms with van der Waals surface area (Å²) in [5.74, 6) is -0.0264. The lowest BCUT2D eigenvalue weighted by atomic mass is 10.0. The zero-order valence-electron chi connectivity index (χ0n) is 12.6. The van der Waals surface area contributed by atoms with Crippen LogP contribution < -0.4 is 5.32 Å². The molecule has 0 saturated heterocycles. The number of nitrogens with one attached hydrogen (secondary N) is 1. The van der Waals surface area contributed by atoms with Crippen LogP contribution in [0.4, 0.5) is 0 Å². The molecule has 2 aromatic rings. The first kappa shape index (κ1) is 16.7. The highest BCUT2D eigenvalue weighted by Crippen LogP contribution is 2.19. The van der Waals surface area contributed by atoms with Crippen LogP contribution in [0.25, 0.3) is 0 Å². The minimum Gasteiger partial charge on any atom is -0.349 e. The third-order valence-electron chi connectivity index (χ3n) is 3.37. The van der Waals surface area contributed by atoms with Crippen LogP contribution >= 0.6 is 11.3 Å². The van der Waals surface area contributed by atoms with Gasteiger partial charge < -0.3 is 5.32 Å². The van der Waals surface area contributed by atoms with Crippen LogP contribution in [0.2, 0.25) is 0 Å². The van der Waals surface area contributed by atoms with Crippen LogP contribution in [0.15, 0.2) is 46.7 Å². The van der Waals surface area contributed by atoms with Gasteiger partial charge in [0.2, 0.25) is 5.91 Å². The van der Waals surface area contributed by atoms with Crippen molar-refractivity contribution in [2.24, 2.45) is 0 Å². The van der Waals surface area contributed by atoms with Crippen LogP contribution in [0.1, 0.15) is 29.8 Å². The number of hydrogen-bond donors (Lipinski definition) is 1. The molecular weight excluding hydrogens is 318 g/mol. The normalized spacial score (nSPS) is 12.8. The Balaban J connectivity index is 2.06. The fraction of sp³-hybridized carbons (Fsp3) is 0.312. The minimum absolute atomic E-state index is 0.0264. The van der Waals surface area contributed by atoms with Gasteiger partial charge in [0.05, 0.1) is 17.4 Å². The van der Waals surface area contributed by atoms with E-state index in [-0.39, 0.29) is 16.8 Å². The average Bonchev–Trinajstić information content (AvgIpc) is 2.97. The first-order valence-corrected chi connectivity index (χ1v) is 9.79. The van der Waals surface area contributed by atoms with Crippen molar-refractivity contribution in [3.8, 4) is 0 Å². The minimum atomic E-state index is -3.20. The topological polar surface area (TPSA) is 63.2 Å². The highest BCUT2D eigenvalue weighted by molar-refractivity contribution is 7.90. The largest absolute Gasteiger partial charge is 0.349 e. The molecule has 0 spiro atoms. The Kier molecular flexibility index (Phi) is 5.37. The van der Waals surface area contributed by atoms with E-state index >= 15 is 0 Å². The van der Waals surface area contributed by atoms with E-state index in [9.17, 15) is 13.2 Å². The quantitative estimate of drug-likeness (QED) is 0.881. The van der Waals surface area contributed by atoms with Crippen LogP contribution in [0, 0.1) is 0 Å². The van der Waals surface area contributed by atoms with Crippen molar-refractivity contribution in [1.29, 1.82) is 0 Å². The Morgan fingerprint density at radius 3 is 2.41 bits per heavy atom.